The molecule has 2 rings (SSSR count). The molecule has 0 aliphatic heterocycles. The van der Waals surface area contributed by atoms with Crippen LogP contribution in [0.4, 0.5) is 13.2 Å². The normalized spacial score (nSPS) is 12.4. The summed E-state index contributed by atoms with van der Waals surface area (Å²) in [4.78, 5) is 0. The summed E-state index contributed by atoms with van der Waals surface area (Å²) in [5.41, 5.74) is 2.96. The van der Waals surface area contributed by atoms with Gasteiger partial charge in [-0.05, 0) is 41.8 Å². The van der Waals surface area contributed by atoms with Gasteiger partial charge in [-0.2, -0.15) is 0 Å². The zero-order valence-corrected chi connectivity index (χ0v) is 11.1. The minimum Gasteiger partial charge on any atom is -0.271 e. The third-order valence-corrected chi connectivity index (χ3v) is 3.33. The van der Waals surface area contributed by atoms with Crippen molar-refractivity contribution in [2.75, 3.05) is 0 Å². The highest BCUT2D eigenvalue weighted by atomic mass is 35.5. The van der Waals surface area contributed by atoms with Crippen molar-refractivity contribution in [3.63, 3.8) is 0 Å². The summed E-state index contributed by atoms with van der Waals surface area (Å²) in [6.07, 6.45) is 0.0449. The summed E-state index contributed by atoms with van der Waals surface area (Å²) >= 11 is 5.98. The number of nitrogens with one attached hydrogen (secondary N) is 1. The highest BCUT2D eigenvalue weighted by molar-refractivity contribution is 6.31. The molecular formula is C14H12ClF3N2. The van der Waals surface area contributed by atoms with Gasteiger partial charge in [-0.1, -0.05) is 23.7 Å². The van der Waals surface area contributed by atoms with Crippen LogP contribution >= 0.6 is 11.6 Å². The lowest BCUT2D eigenvalue weighted by molar-refractivity contribution is 0.480. The average Bonchev–Trinajstić information content (AvgIpc) is 2.43. The lowest BCUT2D eigenvalue weighted by Crippen LogP contribution is -2.30. The average molecular weight is 301 g/mol. The van der Waals surface area contributed by atoms with Gasteiger partial charge < -0.3 is 0 Å². The van der Waals surface area contributed by atoms with E-state index in [4.69, 9.17) is 17.4 Å². The molecule has 1 atom stereocenters. The van der Waals surface area contributed by atoms with Gasteiger partial charge in [0.25, 0.3) is 0 Å². The first-order valence-electron chi connectivity index (χ1n) is 5.87. The fourth-order valence-electron chi connectivity index (χ4n) is 1.97. The fourth-order valence-corrected chi connectivity index (χ4v) is 2.22. The number of hydrazine groups is 1. The quantitative estimate of drug-likeness (QED) is 0.670. The van der Waals surface area contributed by atoms with Crippen molar-refractivity contribution in [3.05, 3.63) is 70.0 Å². The Morgan fingerprint density at radius 3 is 2.60 bits per heavy atom. The number of rotatable bonds is 4. The Labute approximate surface area is 119 Å². The zero-order chi connectivity index (χ0) is 14.7. The van der Waals surface area contributed by atoms with Gasteiger partial charge in [0, 0.05) is 5.02 Å². The van der Waals surface area contributed by atoms with Crippen molar-refractivity contribution >= 4 is 11.6 Å². The van der Waals surface area contributed by atoms with E-state index in [-0.39, 0.29) is 12.0 Å². The molecule has 0 heterocycles. The predicted molar refractivity (Wildman–Crippen MR) is 71.5 cm³/mol. The molecule has 0 bridgehead atoms. The van der Waals surface area contributed by atoms with Gasteiger partial charge in [-0.25, -0.2) is 13.2 Å². The summed E-state index contributed by atoms with van der Waals surface area (Å²) < 4.78 is 40.1. The van der Waals surface area contributed by atoms with Crippen LogP contribution in [0.2, 0.25) is 5.02 Å². The molecule has 0 fully saturated rings. The van der Waals surface area contributed by atoms with Crippen LogP contribution < -0.4 is 11.3 Å². The number of hydrogen-bond acceptors (Lipinski definition) is 2. The van der Waals surface area contributed by atoms with E-state index in [1.54, 1.807) is 0 Å². The molecule has 3 N–H and O–H groups in total. The highest BCUT2D eigenvalue weighted by Gasteiger charge is 2.18. The maximum Gasteiger partial charge on any atom is 0.162 e. The number of benzene rings is 2. The van der Waals surface area contributed by atoms with Crippen LogP contribution in [0, 0.1) is 17.5 Å². The van der Waals surface area contributed by atoms with E-state index in [2.05, 4.69) is 5.43 Å². The Kier molecular flexibility index (Phi) is 4.65. The molecule has 0 amide bonds. The predicted octanol–water partition coefficient (Wildman–Crippen LogP) is 3.50. The molecule has 0 saturated heterocycles. The van der Waals surface area contributed by atoms with Crippen molar-refractivity contribution < 1.29 is 13.2 Å². The van der Waals surface area contributed by atoms with Crippen molar-refractivity contribution in [2.45, 2.75) is 12.5 Å². The number of halogens is 4. The Morgan fingerprint density at radius 1 is 1.15 bits per heavy atom. The SMILES string of the molecule is NNC(Cc1cccc(F)c1F)c1cc(F)ccc1Cl. The van der Waals surface area contributed by atoms with Crippen molar-refractivity contribution in [2.24, 2.45) is 5.84 Å². The summed E-state index contributed by atoms with van der Waals surface area (Å²) in [7, 11) is 0. The summed E-state index contributed by atoms with van der Waals surface area (Å²) in [5, 5.41) is 0.297. The van der Waals surface area contributed by atoms with Crippen LogP contribution in [-0.2, 0) is 6.42 Å². The molecule has 2 nitrogen and oxygen atoms in total. The summed E-state index contributed by atoms with van der Waals surface area (Å²) in [6, 6.07) is 7.04. The smallest absolute Gasteiger partial charge is 0.162 e. The zero-order valence-electron chi connectivity index (χ0n) is 10.3. The lowest BCUT2D eigenvalue weighted by Gasteiger charge is -2.18. The minimum atomic E-state index is -0.944. The molecule has 0 aliphatic carbocycles. The van der Waals surface area contributed by atoms with E-state index in [0.29, 0.717) is 10.6 Å². The Hall–Kier alpha value is -1.56. The van der Waals surface area contributed by atoms with Crippen LogP contribution in [0.25, 0.3) is 0 Å². The van der Waals surface area contributed by atoms with Crippen molar-refractivity contribution in [3.8, 4) is 0 Å². The Morgan fingerprint density at radius 2 is 1.90 bits per heavy atom. The topological polar surface area (TPSA) is 38.0 Å². The maximum atomic E-state index is 13.6. The molecule has 0 spiro atoms. The molecule has 0 saturated carbocycles. The molecule has 20 heavy (non-hydrogen) atoms. The van der Waals surface area contributed by atoms with Gasteiger partial charge >= 0.3 is 0 Å². The molecule has 2 aromatic rings. The molecule has 2 aromatic carbocycles. The molecule has 1 unspecified atom stereocenters. The summed E-state index contributed by atoms with van der Waals surface area (Å²) in [5.74, 6) is 3.05. The van der Waals surface area contributed by atoms with Crippen LogP contribution in [-0.4, -0.2) is 0 Å². The molecule has 106 valence electrons. The monoisotopic (exact) mass is 300 g/mol. The number of hydrogen-bond donors (Lipinski definition) is 2. The van der Waals surface area contributed by atoms with Gasteiger partial charge in [-0.3, -0.25) is 11.3 Å². The molecule has 6 heteroatoms. The maximum absolute atomic E-state index is 13.6. The van der Waals surface area contributed by atoms with E-state index in [1.165, 1.54) is 30.3 Å². The molecule has 0 aliphatic rings. The van der Waals surface area contributed by atoms with E-state index in [9.17, 15) is 13.2 Å². The van der Waals surface area contributed by atoms with E-state index < -0.39 is 23.5 Å². The van der Waals surface area contributed by atoms with Crippen LogP contribution in [0.15, 0.2) is 36.4 Å². The van der Waals surface area contributed by atoms with Gasteiger partial charge in [0.1, 0.15) is 5.82 Å². The minimum absolute atomic E-state index is 0.0449. The van der Waals surface area contributed by atoms with E-state index in [1.807, 2.05) is 0 Å². The molecule has 0 radical (unpaired) electrons. The Bertz CT molecular complexity index is 619. The third kappa shape index (κ3) is 3.12. The fraction of sp³-hybridized carbons (Fsp3) is 0.143. The largest absolute Gasteiger partial charge is 0.271 e. The van der Waals surface area contributed by atoms with E-state index >= 15 is 0 Å². The first kappa shape index (κ1) is 14.8. The Balaban J connectivity index is 2.34. The van der Waals surface area contributed by atoms with E-state index in [0.717, 1.165) is 6.07 Å². The van der Waals surface area contributed by atoms with Crippen LogP contribution in [0.5, 0.6) is 0 Å². The van der Waals surface area contributed by atoms with Gasteiger partial charge in [-0.15, -0.1) is 0 Å². The molecule has 0 aromatic heterocycles. The van der Waals surface area contributed by atoms with Gasteiger partial charge in [0.15, 0.2) is 11.6 Å². The van der Waals surface area contributed by atoms with Crippen molar-refractivity contribution in [1.82, 2.24) is 5.43 Å². The second-order valence-corrected chi connectivity index (χ2v) is 4.71. The third-order valence-electron chi connectivity index (χ3n) is 2.99. The van der Waals surface area contributed by atoms with Crippen LogP contribution in [0.3, 0.4) is 0 Å². The number of nitrogens with two attached hydrogens (primary N) is 1. The van der Waals surface area contributed by atoms with Crippen LogP contribution in [0.1, 0.15) is 17.2 Å². The van der Waals surface area contributed by atoms with Crippen molar-refractivity contribution in [1.29, 1.82) is 0 Å². The van der Waals surface area contributed by atoms with Gasteiger partial charge in [0.05, 0.1) is 6.04 Å². The standard InChI is InChI=1S/C14H12ClF3N2/c15-11-5-4-9(16)7-10(11)13(20-19)6-8-2-1-3-12(17)14(8)18/h1-5,7,13,20H,6,19H2. The highest BCUT2D eigenvalue weighted by Crippen LogP contribution is 2.27. The first-order valence-corrected chi connectivity index (χ1v) is 6.24. The summed E-state index contributed by atoms with van der Waals surface area (Å²) in [6.45, 7) is 0. The lowest BCUT2D eigenvalue weighted by atomic mass is 9.98. The molecular weight excluding hydrogens is 289 g/mol. The van der Waals surface area contributed by atoms with Gasteiger partial charge in [0.2, 0.25) is 0 Å². The second-order valence-electron chi connectivity index (χ2n) is 4.30. The first-order chi connectivity index (χ1) is 9.52. The second kappa shape index (κ2) is 6.26.